The minimum Gasteiger partial charge on any atom is -0.488 e. The fourth-order valence-electron chi connectivity index (χ4n) is 1.63. The first-order chi connectivity index (χ1) is 9.06. The zero-order valence-corrected chi connectivity index (χ0v) is 12.3. The quantitative estimate of drug-likeness (QED) is 0.654. The van der Waals surface area contributed by atoms with Gasteiger partial charge in [0.2, 0.25) is 0 Å². The van der Waals surface area contributed by atoms with Crippen LogP contribution in [0, 0.1) is 5.41 Å². The molecule has 0 unspecified atom stereocenters. The van der Waals surface area contributed by atoms with Crippen LogP contribution in [0.25, 0.3) is 0 Å². The average molecular weight is 340 g/mol. The number of hydrogen-bond acceptors (Lipinski definition) is 2. The molecule has 2 rings (SSSR count). The maximum Gasteiger partial charge on any atom is 0.130 e. The summed E-state index contributed by atoms with van der Waals surface area (Å²) in [6, 6.07) is 12.8. The minimum atomic E-state index is -0.0256. The Balaban J connectivity index is 2.17. The Morgan fingerprint density at radius 2 is 2.05 bits per heavy atom. The van der Waals surface area contributed by atoms with E-state index in [9.17, 15) is 0 Å². The Morgan fingerprint density at radius 1 is 1.26 bits per heavy atom. The molecule has 0 aliphatic rings. The highest BCUT2D eigenvalue weighted by molar-refractivity contribution is 9.10. The molecular formula is C14H12BrClN2O. The molecule has 3 N–H and O–H groups in total. The van der Waals surface area contributed by atoms with Crippen molar-refractivity contribution >= 4 is 33.4 Å². The third-order valence-corrected chi connectivity index (χ3v) is 3.24. The molecule has 98 valence electrons. The van der Waals surface area contributed by atoms with E-state index < -0.39 is 0 Å². The van der Waals surface area contributed by atoms with Crippen LogP contribution < -0.4 is 10.5 Å². The van der Waals surface area contributed by atoms with Crippen molar-refractivity contribution in [1.82, 2.24) is 0 Å². The Labute approximate surface area is 125 Å². The fraction of sp³-hybridized carbons (Fsp3) is 0.0714. The maximum absolute atomic E-state index is 7.55. The van der Waals surface area contributed by atoms with Crippen molar-refractivity contribution in [3.8, 4) is 5.75 Å². The monoisotopic (exact) mass is 338 g/mol. The van der Waals surface area contributed by atoms with E-state index in [-0.39, 0.29) is 5.84 Å². The van der Waals surface area contributed by atoms with E-state index in [0.29, 0.717) is 22.9 Å². The summed E-state index contributed by atoms with van der Waals surface area (Å²) in [5.41, 5.74) is 7.07. The van der Waals surface area contributed by atoms with Gasteiger partial charge in [0.05, 0.1) is 5.56 Å². The first kappa shape index (κ1) is 13.9. The largest absolute Gasteiger partial charge is 0.488 e. The summed E-state index contributed by atoms with van der Waals surface area (Å²) >= 11 is 9.26. The molecule has 3 nitrogen and oxygen atoms in total. The third kappa shape index (κ3) is 3.72. The van der Waals surface area contributed by atoms with Crippen LogP contribution >= 0.6 is 27.5 Å². The fourth-order valence-corrected chi connectivity index (χ4v) is 2.20. The Morgan fingerprint density at radius 3 is 2.74 bits per heavy atom. The van der Waals surface area contributed by atoms with Gasteiger partial charge in [-0.05, 0) is 35.9 Å². The number of nitrogens with two attached hydrogens (primary N) is 1. The number of benzene rings is 2. The summed E-state index contributed by atoms with van der Waals surface area (Å²) in [4.78, 5) is 0. The average Bonchev–Trinajstić information content (AvgIpc) is 2.37. The summed E-state index contributed by atoms with van der Waals surface area (Å²) < 4.78 is 6.55. The van der Waals surface area contributed by atoms with Crippen LogP contribution in [0.2, 0.25) is 5.02 Å². The van der Waals surface area contributed by atoms with Gasteiger partial charge in [-0.1, -0.05) is 39.7 Å². The predicted molar refractivity (Wildman–Crippen MR) is 80.9 cm³/mol. The molecule has 2 aromatic rings. The van der Waals surface area contributed by atoms with Crippen molar-refractivity contribution in [3.63, 3.8) is 0 Å². The van der Waals surface area contributed by atoms with Gasteiger partial charge in [-0.3, -0.25) is 5.41 Å². The number of nitrogens with one attached hydrogen (secondary N) is 1. The summed E-state index contributed by atoms with van der Waals surface area (Å²) in [5, 5.41) is 8.22. The van der Waals surface area contributed by atoms with E-state index in [1.807, 2.05) is 30.3 Å². The lowest BCUT2D eigenvalue weighted by atomic mass is 10.2. The smallest absolute Gasteiger partial charge is 0.130 e. The predicted octanol–water partition coefficient (Wildman–Crippen LogP) is 3.97. The normalized spacial score (nSPS) is 10.2. The van der Waals surface area contributed by atoms with Gasteiger partial charge in [0.15, 0.2) is 0 Å². The van der Waals surface area contributed by atoms with E-state index in [1.54, 1.807) is 12.1 Å². The van der Waals surface area contributed by atoms with Gasteiger partial charge in [-0.2, -0.15) is 0 Å². The molecule has 0 amide bonds. The van der Waals surface area contributed by atoms with Gasteiger partial charge in [-0.25, -0.2) is 0 Å². The molecular weight excluding hydrogens is 328 g/mol. The van der Waals surface area contributed by atoms with Crippen LogP contribution in [0.5, 0.6) is 5.75 Å². The molecule has 5 heteroatoms. The van der Waals surface area contributed by atoms with Crippen molar-refractivity contribution in [2.75, 3.05) is 0 Å². The highest BCUT2D eigenvalue weighted by atomic mass is 79.9. The van der Waals surface area contributed by atoms with Gasteiger partial charge in [-0.15, -0.1) is 0 Å². The first-order valence-corrected chi connectivity index (χ1v) is 6.74. The van der Waals surface area contributed by atoms with Crippen LogP contribution in [-0.2, 0) is 6.61 Å². The molecule has 0 atom stereocenters. The maximum atomic E-state index is 7.55. The molecule has 19 heavy (non-hydrogen) atoms. The standard InChI is InChI=1S/C14H12BrClN2O/c15-10-4-5-13(12(7-10)14(17)18)19-8-9-2-1-3-11(16)6-9/h1-7H,8H2,(H3,17,18). The van der Waals surface area contributed by atoms with Gasteiger partial charge in [0, 0.05) is 9.50 Å². The number of halogens is 2. The van der Waals surface area contributed by atoms with E-state index >= 15 is 0 Å². The molecule has 0 radical (unpaired) electrons. The van der Waals surface area contributed by atoms with Crippen LogP contribution in [-0.4, -0.2) is 5.84 Å². The molecule has 0 bridgehead atoms. The van der Waals surface area contributed by atoms with Crippen molar-refractivity contribution in [1.29, 1.82) is 5.41 Å². The first-order valence-electron chi connectivity index (χ1n) is 5.57. The van der Waals surface area contributed by atoms with E-state index in [2.05, 4.69) is 15.9 Å². The van der Waals surface area contributed by atoms with Crippen molar-refractivity contribution in [2.45, 2.75) is 6.61 Å². The van der Waals surface area contributed by atoms with E-state index in [4.69, 9.17) is 27.5 Å². The molecule has 0 saturated carbocycles. The minimum absolute atomic E-state index is 0.0256. The van der Waals surface area contributed by atoms with Gasteiger partial charge in [0.25, 0.3) is 0 Å². The number of rotatable bonds is 4. The van der Waals surface area contributed by atoms with E-state index in [0.717, 1.165) is 10.0 Å². The topological polar surface area (TPSA) is 59.1 Å². The molecule has 0 spiro atoms. The molecule has 0 heterocycles. The summed E-state index contributed by atoms with van der Waals surface area (Å²) in [7, 11) is 0. The number of hydrogen-bond donors (Lipinski definition) is 2. The lowest BCUT2D eigenvalue weighted by Gasteiger charge is -2.11. The van der Waals surface area contributed by atoms with Crippen LogP contribution in [0.4, 0.5) is 0 Å². The number of ether oxygens (including phenoxy) is 1. The second-order valence-electron chi connectivity index (χ2n) is 3.97. The molecule has 0 saturated heterocycles. The molecule has 0 aliphatic heterocycles. The number of nitrogen functional groups attached to an aromatic ring is 1. The van der Waals surface area contributed by atoms with Crippen LogP contribution in [0.1, 0.15) is 11.1 Å². The lowest BCUT2D eigenvalue weighted by molar-refractivity contribution is 0.305. The van der Waals surface area contributed by atoms with Crippen molar-refractivity contribution < 1.29 is 4.74 Å². The highest BCUT2D eigenvalue weighted by Crippen LogP contribution is 2.24. The number of amidine groups is 1. The summed E-state index contributed by atoms with van der Waals surface area (Å²) in [6.07, 6.45) is 0. The lowest BCUT2D eigenvalue weighted by Crippen LogP contribution is -2.13. The van der Waals surface area contributed by atoms with Crippen LogP contribution in [0.3, 0.4) is 0 Å². The molecule has 0 aromatic heterocycles. The summed E-state index contributed by atoms with van der Waals surface area (Å²) in [6.45, 7) is 0.377. The Bertz CT molecular complexity index is 616. The third-order valence-electron chi connectivity index (χ3n) is 2.52. The van der Waals surface area contributed by atoms with Gasteiger partial charge < -0.3 is 10.5 Å². The summed E-state index contributed by atoms with van der Waals surface area (Å²) in [5.74, 6) is 0.554. The van der Waals surface area contributed by atoms with Crippen LogP contribution in [0.15, 0.2) is 46.9 Å². The zero-order valence-electron chi connectivity index (χ0n) is 9.99. The zero-order chi connectivity index (χ0) is 13.8. The molecule has 2 aromatic carbocycles. The van der Waals surface area contributed by atoms with Crippen molar-refractivity contribution in [2.24, 2.45) is 5.73 Å². The second kappa shape index (κ2) is 6.08. The van der Waals surface area contributed by atoms with Gasteiger partial charge in [0.1, 0.15) is 18.2 Å². The molecule has 0 aliphatic carbocycles. The van der Waals surface area contributed by atoms with Crippen molar-refractivity contribution in [3.05, 3.63) is 63.1 Å². The Kier molecular flexibility index (Phi) is 4.45. The second-order valence-corrected chi connectivity index (χ2v) is 5.32. The highest BCUT2D eigenvalue weighted by Gasteiger charge is 2.07. The Hall–Kier alpha value is -1.52. The van der Waals surface area contributed by atoms with E-state index in [1.165, 1.54) is 0 Å². The molecule has 0 fully saturated rings. The SMILES string of the molecule is N=C(N)c1cc(Br)ccc1OCc1cccc(Cl)c1. The van der Waals surface area contributed by atoms with Gasteiger partial charge >= 0.3 is 0 Å².